The fourth-order valence-electron chi connectivity index (χ4n) is 3.94. The molecule has 7 nitrogen and oxygen atoms in total. The number of hydrogen-bond donors (Lipinski definition) is 0. The zero-order valence-corrected chi connectivity index (χ0v) is 17.8. The number of carbonyl (C=O) groups is 1. The SMILES string of the molecule is Cc1noc2nc(-c3ccco3)cc(C(=O)N3CCN(Cc4ccc(Cl)cc4)CC3)c12. The predicted molar refractivity (Wildman–Crippen MR) is 117 cm³/mol. The number of benzene rings is 1. The van der Waals surface area contributed by atoms with E-state index in [2.05, 4.69) is 15.0 Å². The Morgan fingerprint density at radius 3 is 2.61 bits per heavy atom. The molecule has 0 N–H and O–H groups in total. The van der Waals surface area contributed by atoms with Crippen molar-refractivity contribution in [3.8, 4) is 11.5 Å². The van der Waals surface area contributed by atoms with Gasteiger partial charge in [0.1, 0.15) is 5.69 Å². The Bertz CT molecular complexity index is 1210. The zero-order valence-electron chi connectivity index (χ0n) is 17.0. The first-order valence-corrected chi connectivity index (χ1v) is 10.5. The fraction of sp³-hybridized carbons (Fsp3) is 0.261. The minimum Gasteiger partial charge on any atom is -0.463 e. The molecule has 3 aromatic heterocycles. The summed E-state index contributed by atoms with van der Waals surface area (Å²) < 4.78 is 10.8. The van der Waals surface area contributed by atoms with Crippen molar-refractivity contribution < 1.29 is 13.7 Å². The maximum Gasteiger partial charge on any atom is 0.259 e. The topological polar surface area (TPSA) is 75.6 Å². The van der Waals surface area contributed by atoms with Crippen LogP contribution in [0.2, 0.25) is 5.02 Å². The Balaban J connectivity index is 1.36. The summed E-state index contributed by atoms with van der Waals surface area (Å²) in [5.74, 6) is 0.537. The molecule has 8 heteroatoms. The number of piperazine rings is 1. The van der Waals surface area contributed by atoms with Crippen molar-refractivity contribution in [1.29, 1.82) is 0 Å². The first-order chi connectivity index (χ1) is 15.1. The van der Waals surface area contributed by atoms with Crippen molar-refractivity contribution in [1.82, 2.24) is 19.9 Å². The van der Waals surface area contributed by atoms with Crippen LogP contribution in [0.15, 0.2) is 57.7 Å². The van der Waals surface area contributed by atoms with E-state index in [1.165, 1.54) is 5.56 Å². The number of aryl methyl sites for hydroxylation is 1. The van der Waals surface area contributed by atoms with E-state index in [4.69, 9.17) is 20.5 Å². The third-order valence-electron chi connectivity index (χ3n) is 5.60. The van der Waals surface area contributed by atoms with Crippen molar-refractivity contribution in [2.45, 2.75) is 13.5 Å². The van der Waals surface area contributed by atoms with Gasteiger partial charge in [-0.25, -0.2) is 4.98 Å². The van der Waals surface area contributed by atoms with Gasteiger partial charge < -0.3 is 13.8 Å². The van der Waals surface area contributed by atoms with E-state index in [1.54, 1.807) is 24.5 Å². The second kappa shape index (κ2) is 8.17. The van der Waals surface area contributed by atoms with E-state index in [-0.39, 0.29) is 5.91 Å². The van der Waals surface area contributed by atoms with Gasteiger partial charge >= 0.3 is 0 Å². The summed E-state index contributed by atoms with van der Waals surface area (Å²) in [7, 11) is 0. The summed E-state index contributed by atoms with van der Waals surface area (Å²) in [6.07, 6.45) is 1.58. The molecule has 0 unspecified atom stereocenters. The largest absolute Gasteiger partial charge is 0.463 e. The second-order valence-corrected chi connectivity index (χ2v) is 8.11. The number of carbonyl (C=O) groups excluding carboxylic acids is 1. The number of pyridine rings is 1. The molecule has 1 aliphatic rings. The Morgan fingerprint density at radius 2 is 1.90 bits per heavy atom. The number of amides is 1. The lowest BCUT2D eigenvalue weighted by atomic mass is 10.1. The maximum atomic E-state index is 13.5. The highest BCUT2D eigenvalue weighted by Gasteiger charge is 2.26. The first-order valence-electron chi connectivity index (χ1n) is 10.2. The molecule has 0 bridgehead atoms. The van der Waals surface area contributed by atoms with Crippen LogP contribution in [0.3, 0.4) is 0 Å². The van der Waals surface area contributed by atoms with E-state index in [9.17, 15) is 4.79 Å². The number of furan rings is 1. The summed E-state index contributed by atoms with van der Waals surface area (Å²) >= 11 is 5.98. The van der Waals surface area contributed by atoms with Gasteiger partial charge in [-0.1, -0.05) is 28.9 Å². The summed E-state index contributed by atoms with van der Waals surface area (Å²) in [5.41, 5.74) is 3.30. The standard InChI is InChI=1S/C23H21ClN4O3/c1-15-21-18(13-19(20-3-2-12-30-20)25-22(21)31-26-15)23(29)28-10-8-27(9-11-28)14-16-4-6-17(24)7-5-16/h2-7,12-13H,8-11,14H2,1H3. The Hall–Kier alpha value is -3.16. The Morgan fingerprint density at radius 1 is 1.13 bits per heavy atom. The molecule has 0 spiro atoms. The van der Waals surface area contributed by atoms with E-state index >= 15 is 0 Å². The average Bonchev–Trinajstić information content (AvgIpc) is 3.45. The minimum absolute atomic E-state index is 0.0438. The van der Waals surface area contributed by atoms with Gasteiger partial charge in [-0.15, -0.1) is 0 Å². The maximum absolute atomic E-state index is 13.5. The number of hydrogen-bond acceptors (Lipinski definition) is 6. The summed E-state index contributed by atoms with van der Waals surface area (Å²) in [4.78, 5) is 22.2. The minimum atomic E-state index is -0.0438. The molecule has 5 rings (SSSR count). The number of rotatable bonds is 4. The van der Waals surface area contributed by atoms with Crippen LogP contribution in [-0.4, -0.2) is 52.0 Å². The van der Waals surface area contributed by atoms with E-state index < -0.39 is 0 Å². The van der Waals surface area contributed by atoms with E-state index in [0.717, 1.165) is 24.7 Å². The van der Waals surface area contributed by atoms with Crippen molar-refractivity contribution in [3.63, 3.8) is 0 Å². The van der Waals surface area contributed by atoms with Gasteiger partial charge in [-0.05, 0) is 42.8 Å². The number of halogens is 1. The smallest absolute Gasteiger partial charge is 0.259 e. The molecule has 31 heavy (non-hydrogen) atoms. The third-order valence-corrected chi connectivity index (χ3v) is 5.85. The number of nitrogens with zero attached hydrogens (tertiary/aromatic N) is 4. The number of fused-ring (bicyclic) bond motifs is 1. The van der Waals surface area contributed by atoms with Crippen LogP contribution in [-0.2, 0) is 6.54 Å². The van der Waals surface area contributed by atoms with Crippen LogP contribution in [0.25, 0.3) is 22.6 Å². The first kappa shape index (κ1) is 19.8. The molecular weight excluding hydrogens is 416 g/mol. The van der Waals surface area contributed by atoms with Crippen LogP contribution in [0, 0.1) is 6.92 Å². The van der Waals surface area contributed by atoms with Gasteiger partial charge in [0.25, 0.3) is 11.6 Å². The Labute approximate surface area is 184 Å². The predicted octanol–water partition coefficient (Wildman–Crippen LogP) is 4.40. The normalized spacial score (nSPS) is 15.0. The molecular formula is C23H21ClN4O3. The van der Waals surface area contributed by atoms with Gasteiger partial charge in [0.05, 0.1) is 22.9 Å². The van der Waals surface area contributed by atoms with Crippen LogP contribution >= 0.6 is 11.6 Å². The fourth-order valence-corrected chi connectivity index (χ4v) is 4.07. The summed E-state index contributed by atoms with van der Waals surface area (Å²) in [5, 5.41) is 5.41. The molecule has 4 aromatic rings. The van der Waals surface area contributed by atoms with Crippen LogP contribution in [0.4, 0.5) is 0 Å². The van der Waals surface area contributed by atoms with Crippen molar-refractivity contribution in [3.05, 3.63) is 70.6 Å². The molecule has 0 saturated carbocycles. The van der Waals surface area contributed by atoms with Crippen LogP contribution in [0.5, 0.6) is 0 Å². The van der Waals surface area contributed by atoms with Crippen molar-refractivity contribution >= 4 is 28.6 Å². The molecule has 158 valence electrons. The lowest BCUT2D eigenvalue weighted by Crippen LogP contribution is -2.48. The summed E-state index contributed by atoms with van der Waals surface area (Å²) in [6.45, 7) is 5.56. The molecule has 4 heterocycles. The van der Waals surface area contributed by atoms with Gasteiger partial charge in [0.2, 0.25) is 0 Å². The van der Waals surface area contributed by atoms with Gasteiger partial charge in [0.15, 0.2) is 5.76 Å². The average molecular weight is 437 g/mol. The van der Waals surface area contributed by atoms with Crippen molar-refractivity contribution in [2.24, 2.45) is 0 Å². The Kier molecular flexibility index (Phi) is 5.21. The third kappa shape index (κ3) is 3.94. The lowest BCUT2D eigenvalue weighted by molar-refractivity contribution is 0.0630. The van der Waals surface area contributed by atoms with Crippen LogP contribution in [0.1, 0.15) is 21.6 Å². The highest BCUT2D eigenvalue weighted by atomic mass is 35.5. The van der Waals surface area contributed by atoms with Gasteiger partial charge in [-0.2, -0.15) is 0 Å². The van der Waals surface area contributed by atoms with Crippen molar-refractivity contribution in [2.75, 3.05) is 26.2 Å². The molecule has 1 amide bonds. The quantitative estimate of drug-likeness (QED) is 0.472. The molecule has 1 aliphatic heterocycles. The van der Waals surface area contributed by atoms with E-state index in [1.807, 2.05) is 36.1 Å². The second-order valence-electron chi connectivity index (χ2n) is 7.68. The molecule has 1 fully saturated rings. The highest BCUT2D eigenvalue weighted by molar-refractivity contribution is 6.30. The van der Waals surface area contributed by atoms with Gasteiger partial charge in [-0.3, -0.25) is 9.69 Å². The molecule has 0 aliphatic carbocycles. The summed E-state index contributed by atoms with van der Waals surface area (Å²) in [6, 6.07) is 13.3. The van der Waals surface area contributed by atoms with Crippen LogP contribution < -0.4 is 0 Å². The molecule has 0 atom stereocenters. The number of aromatic nitrogens is 2. The highest BCUT2D eigenvalue weighted by Crippen LogP contribution is 2.28. The monoisotopic (exact) mass is 436 g/mol. The molecule has 0 radical (unpaired) electrons. The van der Waals surface area contributed by atoms with E-state index in [0.29, 0.717) is 46.9 Å². The molecule has 1 saturated heterocycles. The molecule has 1 aromatic carbocycles. The van der Waals surface area contributed by atoms with Gasteiger partial charge in [0, 0.05) is 37.7 Å². The lowest BCUT2D eigenvalue weighted by Gasteiger charge is -2.35. The zero-order chi connectivity index (χ0) is 21.4.